The quantitative estimate of drug-likeness (QED) is 0.276. The van der Waals surface area contributed by atoms with Crippen LogP contribution >= 0.6 is 11.3 Å². The van der Waals surface area contributed by atoms with Crippen LogP contribution in [0.3, 0.4) is 0 Å². The minimum absolute atomic E-state index is 0.320. The molecule has 182 valence electrons. The van der Waals surface area contributed by atoms with Crippen molar-refractivity contribution in [2.45, 2.75) is 26.4 Å². The molecular weight excluding hydrogens is 476 g/mol. The summed E-state index contributed by atoms with van der Waals surface area (Å²) in [5, 5.41) is 3.20. The number of amides is 1. The number of nitrogens with zero attached hydrogens (tertiary/aromatic N) is 2. The van der Waals surface area contributed by atoms with Crippen LogP contribution in [0.5, 0.6) is 5.75 Å². The fourth-order valence-corrected chi connectivity index (χ4v) is 4.67. The smallest absolute Gasteiger partial charge is 0.338 e. The lowest BCUT2D eigenvalue weighted by molar-refractivity contribution is -0.124. The molecule has 0 aliphatic carbocycles. The van der Waals surface area contributed by atoms with Gasteiger partial charge in [-0.15, -0.1) is 0 Å². The van der Waals surface area contributed by atoms with Crippen molar-refractivity contribution in [1.29, 1.82) is 0 Å². The van der Waals surface area contributed by atoms with Crippen molar-refractivity contribution in [3.63, 3.8) is 0 Å². The van der Waals surface area contributed by atoms with Crippen molar-refractivity contribution in [3.8, 4) is 17.1 Å². The summed E-state index contributed by atoms with van der Waals surface area (Å²) in [4.78, 5) is 38.0. The second-order valence-corrected chi connectivity index (χ2v) is 9.36. The molecule has 2 N–H and O–H groups in total. The van der Waals surface area contributed by atoms with Crippen LogP contribution in [-0.4, -0.2) is 40.0 Å². The summed E-state index contributed by atoms with van der Waals surface area (Å²) >= 11 is 1.33. The number of hydrogen-bond acceptors (Lipinski definition) is 7. The number of methoxy groups -OCH3 is 1. The molecule has 0 radical (unpaired) electrons. The predicted molar refractivity (Wildman–Crippen MR) is 141 cm³/mol. The van der Waals surface area contributed by atoms with Gasteiger partial charge in [0.1, 0.15) is 11.6 Å². The lowest BCUT2D eigenvalue weighted by atomic mass is 10.1. The molecule has 0 bridgehead atoms. The van der Waals surface area contributed by atoms with Gasteiger partial charge in [0.25, 0.3) is 5.91 Å². The lowest BCUT2D eigenvalue weighted by Crippen LogP contribution is -2.32. The van der Waals surface area contributed by atoms with Crippen LogP contribution in [-0.2, 0) is 9.53 Å². The van der Waals surface area contributed by atoms with Gasteiger partial charge in [0.05, 0.1) is 33.9 Å². The Balaban J connectivity index is 1.29. The van der Waals surface area contributed by atoms with Gasteiger partial charge in [0.15, 0.2) is 11.2 Å². The first-order valence-electron chi connectivity index (χ1n) is 11.5. The lowest BCUT2D eigenvalue weighted by Gasteiger charge is -2.15. The van der Waals surface area contributed by atoms with Crippen molar-refractivity contribution in [2.75, 3.05) is 12.4 Å². The fourth-order valence-electron chi connectivity index (χ4n) is 3.78. The minimum Gasteiger partial charge on any atom is -0.497 e. The minimum atomic E-state index is -0.959. The van der Waals surface area contributed by atoms with Crippen molar-refractivity contribution >= 4 is 49.6 Å². The van der Waals surface area contributed by atoms with E-state index in [2.05, 4.69) is 20.3 Å². The number of aryl methyl sites for hydroxylation is 1. The Bertz CT molecular complexity index is 1570. The maximum atomic E-state index is 12.9. The van der Waals surface area contributed by atoms with Crippen molar-refractivity contribution < 1.29 is 19.1 Å². The van der Waals surface area contributed by atoms with Crippen LogP contribution in [0.2, 0.25) is 0 Å². The van der Waals surface area contributed by atoms with Crippen molar-refractivity contribution in [3.05, 3.63) is 71.8 Å². The molecule has 1 atom stereocenters. The Morgan fingerprint density at radius 2 is 1.81 bits per heavy atom. The van der Waals surface area contributed by atoms with Gasteiger partial charge in [-0.05, 0) is 49.7 Å². The zero-order valence-electron chi connectivity index (χ0n) is 20.0. The fraction of sp³-hybridized carbons (Fsp3) is 0.185. The Labute approximate surface area is 211 Å². The summed E-state index contributed by atoms with van der Waals surface area (Å²) in [6.07, 6.45) is -0.639. The monoisotopic (exact) mass is 500 g/mol. The number of aromatic amines is 1. The molecule has 3 aromatic carbocycles. The Kier molecular flexibility index (Phi) is 6.39. The topological polar surface area (TPSA) is 106 Å². The Morgan fingerprint density at radius 3 is 2.56 bits per heavy atom. The second-order valence-electron chi connectivity index (χ2n) is 8.33. The van der Waals surface area contributed by atoms with E-state index in [4.69, 9.17) is 9.47 Å². The van der Waals surface area contributed by atoms with Crippen LogP contribution < -0.4 is 10.1 Å². The number of imidazole rings is 1. The van der Waals surface area contributed by atoms with E-state index in [-0.39, 0.29) is 0 Å². The molecular formula is C27H24N4O4S. The summed E-state index contributed by atoms with van der Waals surface area (Å²) in [5.41, 5.74) is 4.65. The standard InChI is InChI=1S/C27H24N4O4S/c1-4-22(25(32)31-27-30-20-12-10-18(34-3)14-23(20)36-27)35-26(33)17-9-11-19-21(13-17)29-24(28-19)16-7-5-15(2)6-8-16/h5-14,22H,4H2,1-3H3,(H,28,29)(H,30,31,32). The first-order chi connectivity index (χ1) is 17.4. The van der Waals surface area contributed by atoms with Gasteiger partial charge in [-0.25, -0.2) is 14.8 Å². The molecule has 8 nitrogen and oxygen atoms in total. The number of benzene rings is 3. The molecule has 0 spiro atoms. The molecule has 1 amide bonds. The van der Waals surface area contributed by atoms with E-state index in [1.165, 1.54) is 11.3 Å². The first kappa shape index (κ1) is 23.5. The number of rotatable bonds is 7. The average molecular weight is 501 g/mol. The molecule has 1 unspecified atom stereocenters. The van der Waals surface area contributed by atoms with E-state index in [1.54, 1.807) is 32.2 Å². The summed E-state index contributed by atoms with van der Waals surface area (Å²) in [5.74, 6) is 0.417. The number of fused-ring (bicyclic) bond motifs is 2. The number of aromatic nitrogens is 3. The van der Waals surface area contributed by atoms with Gasteiger partial charge >= 0.3 is 5.97 Å². The maximum absolute atomic E-state index is 12.9. The molecule has 9 heteroatoms. The average Bonchev–Trinajstić information content (AvgIpc) is 3.49. The number of carbonyl (C=O) groups excluding carboxylic acids is 2. The van der Waals surface area contributed by atoms with Gasteiger partial charge in [-0.3, -0.25) is 10.1 Å². The number of nitrogens with one attached hydrogen (secondary N) is 2. The third-order valence-corrected chi connectivity index (χ3v) is 6.71. The second kappa shape index (κ2) is 9.79. The van der Waals surface area contributed by atoms with Gasteiger partial charge in [0.2, 0.25) is 0 Å². The highest BCUT2D eigenvalue weighted by atomic mass is 32.1. The molecule has 5 rings (SSSR count). The van der Waals surface area contributed by atoms with Gasteiger partial charge in [-0.2, -0.15) is 0 Å². The number of hydrogen-bond donors (Lipinski definition) is 2. The molecule has 0 aliphatic rings. The zero-order chi connectivity index (χ0) is 25.2. The van der Waals surface area contributed by atoms with Crippen LogP contribution in [0, 0.1) is 6.92 Å². The molecule has 0 aliphatic heterocycles. The summed E-state index contributed by atoms with van der Waals surface area (Å²) in [7, 11) is 1.60. The summed E-state index contributed by atoms with van der Waals surface area (Å²) in [6.45, 7) is 3.81. The number of ether oxygens (including phenoxy) is 2. The first-order valence-corrected chi connectivity index (χ1v) is 12.3. The predicted octanol–water partition coefficient (Wildman–Crippen LogP) is 5.73. The molecule has 0 saturated carbocycles. The Morgan fingerprint density at radius 1 is 1.03 bits per heavy atom. The summed E-state index contributed by atoms with van der Waals surface area (Å²) < 4.78 is 11.7. The third kappa shape index (κ3) is 4.78. The highest BCUT2D eigenvalue weighted by Crippen LogP contribution is 2.29. The molecule has 5 aromatic rings. The highest BCUT2D eigenvalue weighted by molar-refractivity contribution is 7.22. The third-order valence-electron chi connectivity index (χ3n) is 5.78. The number of thiazole rings is 1. The van der Waals surface area contributed by atoms with E-state index in [0.717, 1.165) is 32.7 Å². The number of esters is 1. The van der Waals surface area contributed by atoms with E-state index in [0.29, 0.717) is 28.4 Å². The van der Waals surface area contributed by atoms with Gasteiger partial charge in [0, 0.05) is 5.56 Å². The highest BCUT2D eigenvalue weighted by Gasteiger charge is 2.23. The van der Waals surface area contributed by atoms with E-state index < -0.39 is 18.0 Å². The number of H-pyrrole nitrogens is 1. The van der Waals surface area contributed by atoms with Gasteiger partial charge in [-0.1, -0.05) is 48.1 Å². The number of carbonyl (C=O) groups is 2. The van der Waals surface area contributed by atoms with Crippen LogP contribution in [0.1, 0.15) is 29.3 Å². The maximum Gasteiger partial charge on any atom is 0.338 e. The van der Waals surface area contributed by atoms with Gasteiger partial charge < -0.3 is 14.5 Å². The molecule has 2 aromatic heterocycles. The SMILES string of the molecule is CCC(OC(=O)c1ccc2nc(-c3ccc(C)cc3)[nH]c2c1)C(=O)Nc1nc2ccc(OC)cc2s1. The van der Waals surface area contributed by atoms with Crippen LogP contribution in [0.15, 0.2) is 60.7 Å². The normalized spacial score (nSPS) is 12.0. The van der Waals surface area contributed by atoms with E-state index in [1.807, 2.05) is 49.4 Å². The molecule has 36 heavy (non-hydrogen) atoms. The number of anilines is 1. The summed E-state index contributed by atoms with van der Waals surface area (Å²) in [6, 6.07) is 18.6. The molecule has 0 saturated heterocycles. The van der Waals surface area contributed by atoms with E-state index >= 15 is 0 Å². The van der Waals surface area contributed by atoms with Crippen molar-refractivity contribution in [1.82, 2.24) is 15.0 Å². The zero-order valence-corrected chi connectivity index (χ0v) is 20.8. The van der Waals surface area contributed by atoms with Crippen molar-refractivity contribution in [2.24, 2.45) is 0 Å². The van der Waals surface area contributed by atoms with Crippen LogP contribution in [0.25, 0.3) is 32.6 Å². The van der Waals surface area contributed by atoms with Crippen LogP contribution in [0.4, 0.5) is 5.13 Å². The largest absolute Gasteiger partial charge is 0.497 e. The van der Waals surface area contributed by atoms with E-state index in [9.17, 15) is 9.59 Å². The molecule has 0 fully saturated rings. The molecule has 2 heterocycles. The Hall–Kier alpha value is -4.24.